The highest BCUT2D eigenvalue weighted by Gasteiger charge is 2.12. The first-order valence-corrected chi connectivity index (χ1v) is 10.6. The highest BCUT2D eigenvalue weighted by Crippen LogP contribution is 2.35. The van der Waals surface area contributed by atoms with Crippen LogP contribution in [0.4, 0.5) is 17.1 Å². The van der Waals surface area contributed by atoms with Crippen LogP contribution in [0.5, 0.6) is 0 Å². The molecule has 158 valence electrons. The molecule has 0 bridgehead atoms. The predicted molar refractivity (Wildman–Crippen MR) is 131 cm³/mol. The van der Waals surface area contributed by atoms with E-state index in [4.69, 9.17) is 4.74 Å². The molecule has 0 atom stereocenters. The van der Waals surface area contributed by atoms with Crippen LogP contribution in [0.2, 0.25) is 0 Å². The molecule has 4 rings (SSSR count). The summed E-state index contributed by atoms with van der Waals surface area (Å²) >= 11 is 0. The second-order valence-electron chi connectivity index (χ2n) is 7.37. The van der Waals surface area contributed by atoms with Crippen LogP contribution < -0.4 is 4.90 Å². The largest absolute Gasteiger partial charge is 0.462 e. The minimum absolute atomic E-state index is 0.341. The minimum atomic E-state index is -0.393. The van der Waals surface area contributed by atoms with Gasteiger partial charge in [-0.1, -0.05) is 79.4 Å². The van der Waals surface area contributed by atoms with Crippen molar-refractivity contribution in [3.05, 3.63) is 127 Å². The summed E-state index contributed by atoms with van der Waals surface area (Å²) in [6, 6.07) is 37.7. The third kappa shape index (κ3) is 5.13. The van der Waals surface area contributed by atoms with Crippen molar-refractivity contribution in [1.82, 2.24) is 0 Å². The Labute approximate surface area is 189 Å². The van der Waals surface area contributed by atoms with E-state index in [2.05, 4.69) is 96.4 Å². The summed E-state index contributed by atoms with van der Waals surface area (Å²) in [6.45, 7) is 3.76. The van der Waals surface area contributed by atoms with Gasteiger partial charge in [0.15, 0.2) is 0 Å². The molecule has 0 heterocycles. The van der Waals surface area contributed by atoms with Gasteiger partial charge in [0.25, 0.3) is 0 Å². The van der Waals surface area contributed by atoms with Gasteiger partial charge in [-0.2, -0.15) is 0 Å². The molecule has 0 saturated carbocycles. The molecule has 0 aliphatic carbocycles. The molecule has 4 aromatic carbocycles. The molecule has 3 heteroatoms. The van der Waals surface area contributed by atoms with Crippen molar-refractivity contribution in [2.75, 3.05) is 11.5 Å². The molecule has 0 radical (unpaired) electrons. The van der Waals surface area contributed by atoms with Crippen LogP contribution in [-0.2, 0) is 16.0 Å². The van der Waals surface area contributed by atoms with E-state index in [9.17, 15) is 4.79 Å². The van der Waals surface area contributed by atoms with Crippen LogP contribution in [-0.4, -0.2) is 12.6 Å². The number of para-hydroxylation sites is 1. The molecule has 0 aliphatic rings. The first-order valence-electron chi connectivity index (χ1n) is 10.6. The van der Waals surface area contributed by atoms with Crippen molar-refractivity contribution in [3.8, 4) is 11.1 Å². The summed E-state index contributed by atoms with van der Waals surface area (Å²) in [6.07, 6.45) is 1.85. The smallest absolute Gasteiger partial charge is 0.330 e. The van der Waals surface area contributed by atoms with Gasteiger partial charge < -0.3 is 9.64 Å². The SMILES string of the molecule is C=CC(=O)OCCc1ccc(N(c2ccccc2)c2ccc(-c3ccccc3)cc2)cc1. The number of rotatable bonds is 8. The summed E-state index contributed by atoms with van der Waals surface area (Å²) in [5.41, 5.74) is 6.74. The van der Waals surface area contributed by atoms with E-state index in [0.717, 1.165) is 22.6 Å². The topological polar surface area (TPSA) is 29.5 Å². The number of hydrogen-bond donors (Lipinski definition) is 0. The number of ether oxygens (including phenoxy) is 1. The molecule has 0 amide bonds. The number of hydrogen-bond acceptors (Lipinski definition) is 3. The fraction of sp³-hybridized carbons (Fsp3) is 0.0690. The first kappa shape index (κ1) is 21.1. The number of anilines is 3. The lowest BCUT2D eigenvalue weighted by atomic mass is 10.0. The quantitative estimate of drug-likeness (QED) is 0.225. The molecule has 0 spiro atoms. The zero-order valence-corrected chi connectivity index (χ0v) is 17.9. The number of benzene rings is 4. The van der Waals surface area contributed by atoms with E-state index in [0.29, 0.717) is 13.0 Å². The number of carbonyl (C=O) groups excluding carboxylic acids is 1. The fourth-order valence-corrected chi connectivity index (χ4v) is 3.60. The van der Waals surface area contributed by atoms with Gasteiger partial charge >= 0.3 is 5.97 Å². The maximum atomic E-state index is 11.2. The Balaban J connectivity index is 1.59. The van der Waals surface area contributed by atoms with E-state index >= 15 is 0 Å². The Morgan fingerprint density at radius 2 is 1.19 bits per heavy atom. The summed E-state index contributed by atoms with van der Waals surface area (Å²) in [7, 11) is 0. The van der Waals surface area contributed by atoms with Gasteiger partial charge in [0.05, 0.1) is 6.61 Å². The Morgan fingerprint density at radius 3 is 1.78 bits per heavy atom. The standard InChI is InChI=1S/C29H25NO2/c1-2-29(31)32-22-21-23-13-17-27(18-14-23)30(26-11-7-4-8-12-26)28-19-15-25(16-20-28)24-9-5-3-6-10-24/h2-20H,1,21-22H2. The first-order chi connectivity index (χ1) is 15.7. The van der Waals surface area contributed by atoms with Crippen LogP contribution in [0.15, 0.2) is 122 Å². The van der Waals surface area contributed by atoms with E-state index < -0.39 is 5.97 Å². The van der Waals surface area contributed by atoms with Crippen LogP contribution in [0.1, 0.15) is 5.56 Å². The Hall–Kier alpha value is -4.11. The second kappa shape index (κ2) is 10.3. The van der Waals surface area contributed by atoms with Gasteiger partial charge in [-0.15, -0.1) is 0 Å². The van der Waals surface area contributed by atoms with Crippen molar-refractivity contribution in [3.63, 3.8) is 0 Å². The molecule has 0 saturated heterocycles. The molecule has 0 fully saturated rings. The number of esters is 1. The third-order valence-electron chi connectivity index (χ3n) is 5.24. The van der Waals surface area contributed by atoms with Crippen molar-refractivity contribution >= 4 is 23.0 Å². The molecule has 0 unspecified atom stereocenters. The van der Waals surface area contributed by atoms with Crippen molar-refractivity contribution in [2.24, 2.45) is 0 Å². The summed E-state index contributed by atoms with van der Waals surface area (Å²) in [5.74, 6) is -0.393. The zero-order valence-electron chi connectivity index (χ0n) is 17.9. The third-order valence-corrected chi connectivity index (χ3v) is 5.24. The lowest BCUT2D eigenvalue weighted by Crippen LogP contribution is -2.10. The van der Waals surface area contributed by atoms with Crippen LogP contribution in [0.25, 0.3) is 11.1 Å². The monoisotopic (exact) mass is 419 g/mol. The lowest BCUT2D eigenvalue weighted by molar-refractivity contribution is -0.137. The fourth-order valence-electron chi connectivity index (χ4n) is 3.60. The lowest BCUT2D eigenvalue weighted by Gasteiger charge is -2.26. The Bertz CT molecular complexity index is 1150. The highest BCUT2D eigenvalue weighted by molar-refractivity contribution is 5.81. The molecule has 32 heavy (non-hydrogen) atoms. The summed E-state index contributed by atoms with van der Waals surface area (Å²) in [4.78, 5) is 13.5. The van der Waals surface area contributed by atoms with Gasteiger partial charge in [-0.3, -0.25) is 0 Å². The summed E-state index contributed by atoms with van der Waals surface area (Å²) in [5, 5.41) is 0. The number of nitrogens with zero attached hydrogens (tertiary/aromatic N) is 1. The van der Waals surface area contributed by atoms with Crippen molar-refractivity contribution < 1.29 is 9.53 Å². The van der Waals surface area contributed by atoms with Crippen LogP contribution >= 0.6 is 0 Å². The molecular formula is C29H25NO2. The summed E-state index contributed by atoms with van der Waals surface area (Å²) < 4.78 is 5.09. The molecule has 0 aromatic heterocycles. The predicted octanol–water partition coefficient (Wildman–Crippen LogP) is 7.10. The molecule has 4 aromatic rings. The van der Waals surface area contributed by atoms with Gasteiger partial charge in [0.2, 0.25) is 0 Å². The molecule has 0 N–H and O–H groups in total. The van der Waals surface area contributed by atoms with Gasteiger partial charge in [-0.25, -0.2) is 4.79 Å². The average molecular weight is 420 g/mol. The van der Waals surface area contributed by atoms with Gasteiger partial charge in [0, 0.05) is 29.6 Å². The zero-order chi connectivity index (χ0) is 22.2. The second-order valence-corrected chi connectivity index (χ2v) is 7.37. The maximum Gasteiger partial charge on any atom is 0.330 e. The molecular weight excluding hydrogens is 394 g/mol. The van der Waals surface area contributed by atoms with E-state index in [1.54, 1.807) is 0 Å². The van der Waals surface area contributed by atoms with E-state index in [1.165, 1.54) is 17.2 Å². The van der Waals surface area contributed by atoms with E-state index in [1.807, 2.05) is 24.3 Å². The van der Waals surface area contributed by atoms with Gasteiger partial charge in [0.1, 0.15) is 0 Å². The van der Waals surface area contributed by atoms with Crippen LogP contribution in [0.3, 0.4) is 0 Å². The Morgan fingerprint density at radius 1 is 0.688 bits per heavy atom. The number of carbonyl (C=O) groups is 1. The average Bonchev–Trinajstić information content (AvgIpc) is 2.87. The normalized spacial score (nSPS) is 10.4. The highest BCUT2D eigenvalue weighted by atomic mass is 16.5. The molecule has 0 aliphatic heterocycles. The Kier molecular flexibility index (Phi) is 6.78. The van der Waals surface area contributed by atoms with Crippen molar-refractivity contribution in [2.45, 2.75) is 6.42 Å². The van der Waals surface area contributed by atoms with Crippen molar-refractivity contribution in [1.29, 1.82) is 0 Å². The van der Waals surface area contributed by atoms with Gasteiger partial charge in [-0.05, 0) is 53.1 Å². The minimum Gasteiger partial charge on any atom is -0.462 e. The van der Waals surface area contributed by atoms with Crippen LogP contribution in [0, 0.1) is 0 Å². The maximum absolute atomic E-state index is 11.2. The molecule has 3 nitrogen and oxygen atoms in total. The van der Waals surface area contributed by atoms with E-state index in [-0.39, 0.29) is 0 Å².